The van der Waals surface area contributed by atoms with Gasteiger partial charge in [0.05, 0.1) is 0 Å². The highest BCUT2D eigenvalue weighted by atomic mass is 16.6. The van der Waals surface area contributed by atoms with Crippen LogP contribution in [0.15, 0.2) is 109 Å². The molecule has 0 fully saturated rings. The van der Waals surface area contributed by atoms with E-state index in [0.29, 0.717) is 19.3 Å². The van der Waals surface area contributed by atoms with Gasteiger partial charge in [0.2, 0.25) is 0 Å². The van der Waals surface area contributed by atoms with Crippen molar-refractivity contribution >= 4 is 17.9 Å². The van der Waals surface area contributed by atoms with E-state index in [1.165, 1.54) is 180 Å². The SMILES string of the molecule is CC/C=C\C/C=C\C/C=C\C/C=C\CCCCCCCCCCCCCCCCC(=O)OCC(COC(=O)CCCCCC/C=C\C/C=C\C/C=C\C/C=C\CC)OC(=O)CCCCCCCCCCC/C=C\CCCCCCCCCC. The Kier molecular flexibility index (Phi) is 67.2. The molecular weight excluding hydrogens is 1020 g/mol. The highest BCUT2D eigenvalue weighted by Gasteiger charge is 2.19. The van der Waals surface area contributed by atoms with E-state index in [-0.39, 0.29) is 31.1 Å². The van der Waals surface area contributed by atoms with Crippen LogP contribution in [0.5, 0.6) is 0 Å². The van der Waals surface area contributed by atoms with Gasteiger partial charge in [0, 0.05) is 19.3 Å². The number of carbonyl (C=O) groups excluding carboxylic acids is 3. The van der Waals surface area contributed by atoms with Gasteiger partial charge in [-0.15, -0.1) is 0 Å². The first-order valence-corrected chi connectivity index (χ1v) is 35.4. The molecule has 6 nitrogen and oxygen atoms in total. The summed E-state index contributed by atoms with van der Waals surface area (Å²) in [4.78, 5) is 38.5. The summed E-state index contributed by atoms with van der Waals surface area (Å²) in [5.74, 6) is -0.899. The van der Waals surface area contributed by atoms with Crippen molar-refractivity contribution in [3.05, 3.63) is 109 Å². The van der Waals surface area contributed by atoms with Crippen LogP contribution < -0.4 is 0 Å². The topological polar surface area (TPSA) is 78.9 Å². The van der Waals surface area contributed by atoms with Gasteiger partial charge in [-0.05, 0) is 122 Å². The Hall–Kier alpha value is -3.93. The second-order valence-electron chi connectivity index (χ2n) is 23.4. The summed E-state index contributed by atoms with van der Waals surface area (Å²) in [5.41, 5.74) is 0. The van der Waals surface area contributed by atoms with Crippen molar-refractivity contribution in [3.8, 4) is 0 Å². The Morgan fingerprint density at radius 2 is 0.470 bits per heavy atom. The van der Waals surface area contributed by atoms with Gasteiger partial charge in [-0.1, -0.05) is 310 Å². The summed E-state index contributed by atoms with van der Waals surface area (Å²) in [7, 11) is 0. The Labute approximate surface area is 514 Å². The molecule has 0 bridgehead atoms. The van der Waals surface area contributed by atoms with Gasteiger partial charge in [-0.25, -0.2) is 0 Å². The van der Waals surface area contributed by atoms with Crippen molar-refractivity contribution in [2.24, 2.45) is 0 Å². The fraction of sp³-hybridized carbons (Fsp3) is 0.727. The van der Waals surface area contributed by atoms with Crippen molar-refractivity contribution in [2.45, 2.75) is 348 Å². The lowest BCUT2D eigenvalue weighted by Crippen LogP contribution is -2.30. The van der Waals surface area contributed by atoms with E-state index in [1.807, 2.05) is 0 Å². The minimum Gasteiger partial charge on any atom is -0.462 e. The summed E-state index contributed by atoms with van der Waals surface area (Å²) >= 11 is 0. The lowest BCUT2D eigenvalue weighted by atomic mass is 10.0. The van der Waals surface area contributed by atoms with Gasteiger partial charge >= 0.3 is 17.9 Å². The van der Waals surface area contributed by atoms with Crippen LogP contribution >= 0.6 is 0 Å². The fourth-order valence-electron chi connectivity index (χ4n) is 10.0. The quantitative estimate of drug-likeness (QED) is 0.0261. The zero-order valence-electron chi connectivity index (χ0n) is 54.7. The Bertz CT molecular complexity index is 1660. The lowest BCUT2D eigenvalue weighted by Gasteiger charge is -2.18. The molecule has 0 aliphatic carbocycles. The third-order valence-corrected chi connectivity index (χ3v) is 15.2. The number of hydrogen-bond acceptors (Lipinski definition) is 6. The molecule has 0 amide bonds. The van der Waals surface area contributed by atoms with E-state index in [1.54, 1.807) is 0 Å². The van der Waals surface area contributed by atoms with Crippen LogP contribution in [0.25, 0.3) is 0 Å². The van der Waals surface area contributed by atoms with E-state index in [2.05, 4.69) is 130 Å². The third kappa shape index (κ3) is 68.7. The minimum absolute atomic E-state index is 0.0859. The molecular formula is C77H132O6. The molecule has 0 N–H and O–H groups in total. The van der Waals surface area contributed by atoms with Gasteiger partial charge in [-0.3, -0.25) is 14.4 Å². The molecule has 6 heteroatoms. The molecule has 0 aliphatic rings. The highest BCUT2D eigenvalue weighted by Crippen LogP contribution is 2.17. The van der Waals surface area contributed by atoms with Crippen LogP contribution in [0.2, 0.25) is 0 Å². The maximum Gasteiger partial charge on any atom is 0.306 e. The normalized spacial score (nSPS) is 12.8. The summed E-state index contributed by atoms with van der Waals surface area (Å²) in [6.07, 6.45) is 96.8. The largest absolute Gasteiger partial charge is 0.462 e. The zero-order chi connectivity index (χ0) is 59.9. The van der Waals surface area contributed by atoms with Crippen LogP contribution in [0.3, 0.4) is 0 Å². The van der Waals surface area contributed by atoms with Gasteiger partial charge in [0.15, 0.2) is 6.10 Å². The van der Waals surface area contributed by atoms with E-state index < -0.39 is 6.10 Å². The number of ether oxygens (including phenoxy) is 3. The first-order chi connectivity index (χ1) is 41.0. The molecule has 0 saturated heterocycles. The number of hydrogen-bond donors (Lipinski definition) is 0. The molecule has 0 rings (SSSR count). The molecule has 0 saturated carbocycles. The predicted octanol–water partition coefficient (Wildman–Crippen LogP) is 24.6. The number of unbranched alkanes of at least 4 members (excludes halogenated alkanes) is 35. The molecule has 1 unspecified atom stereocenters. The highest BCUT2D eigenvalue weighted by molar-refractivity contribution is 5.71. The zero-order valence-corrected chi connectivity index (χ0v) is 54.7. The third-order valence-electron chi connectivity index (χ3n) is 15.2. The average molecular weight is 1150 g/mol. The maximum atomic E-state index is 13.0. The lowest BCUT2D eigenvalue weighted by molar-refractivity contribution is -0.167. The van der Waals surface area contributed by atoms with E-state index in [9.17, 15) is 14.4 Å². The second kappa shape index (κ2) is 70.6. The minimum atomic E-state index is -0.793. The van der Waals surface area contributed by atoms with Crippen LogP contribution in [0.1, 0.15) is 342 Å². The summed E-state index contributed by atoms with van der Waals surface area (Å²) < 4.78 is 17.0. The van der Waals surface area contributed by atoms with Crippen molar-refractivity contribution in [1.82, 2.24) is 0 Å². The molecule has 476 valence electrons. The van der Waals surface area contributed by atoms with Crippen molar-refractivity contribution < 1.29 is 28.6 Å². The van der Waals surface area contributed by atoms with E-state index in [4.69, 9.17) is 14.2 Å². The number of rotatable bonds is 64. The molecule has 0 heterocycles. The number of esters is 3. The van der Waals surface area contributed by atoms with Crippen molar-refractivity contribution in [3.63, 3.8) is 0 Å². The molecule has 0 aromatic carbocycles. The Morgan fingerprint density at radius 3 is 0.747 bits per heavy atom. The number of carbonyl (C=O) groups is 3. The van der Waals surface area contributed by atoms with Crippen LogP contribution in [0, 0.1) is 0 Å². The Balaban J connectivity index is 4.35. The molecule has 0 spiro atoms. The van der Waals surface area contributed by atoms with Crippen molar-refractivity contribution in [1.29, 1.82) is 0 Å². The first kappa shape index (κ1) is 79.1. The molecule has 0 aromatic rings. The summed E-state index contributed by atoms with van der Waals surface area (Å²) in [5, 5.41) is 0. The fourth-order valence-corrected chi connectivity index (χ4v) is 10.0. The second-order valence-corrected chi connectivity index (χ2v) is 23.4. The Morgan fingerprint density at radius 1 is 0.253 bits per heavy atom. The van der Waals surface area contributed by atoms with Gasteiger partial charge in [0.1, 0.15) is 13.2 Å². The molecule has 0 radical (unpaired) electrons. The molecule has 83 heavy (non-hydrogen) atoms. The van der Waals surface area contributed by atoms with E-state index in [0.717, 1.165) is 122 Å². The maximum absolute atomic E-state index is 13.0. The smallest absolute Gasteiger partial charge is 0.306 e. The van der Waals surface area contributed by atoms with Crippen LogP contribution in [0.4, 0.5) is 0 Å². The average Bonchev–Trinajstić information content (AvgIpc) is 3.49. The van der Waals surface area contributed by atoms with Crippen LogP contribution in [-0.2, 0) is 28.6 Å². The molecule has 0 aromatic heterocycles. The molecule has 1 atom stereocenters. The van der Waals surface area contributed by atoms with Crippen molar-refractivity contribution in [2.75, 3.05) is 13.2 Å². The standard InChI is InChI=1S/C77H132O6/c1-4-7-10-13-16-19-22-25-28-31-33-35-36-37-38-39-40-42-43-46-49-52-55-58-61-64-67-70-76(79)82-73-74(72-81-75(78)69-66-63-60-57-54-51-48-45-30-27-24-21-18-15-12-9-6-3)83-77(80)71-68-65-62-59-56-53-50-47-44-41-34-32-29-26-23-20-17-14-11-8-5-2/h7,9-10,12,16,18-19,21,25,27-28,30,32-35,48,51,74H,4-6,8,11,13-15,17,20,22-24,26,29,31,36-47,49-50,52-73H2,1-3H3/b10-7-,12-9-,19-16-,21-18-,28-25-,30-27-,34-32-,35-33-,51-48-. The van der Waals surface area contributed by atoms with E-state index >= 15 is 0 Å². The monoisotopic (exact) mass is 1150 g/mol. The predicted molar refractivity (Wildman–Crippen MR) is 362 cm³/mol. The number of allylic oxidation sites excluding steroid dienone is 18. The van der Waals surface area contributed by atoms with Gasteiger partial charge in [-0.2, -0.15) is 0 Å². The van der Waals surface area contributed by atoms with Gasteiger partial charge < -0.3 is 14.2 Å². The van der Waals surface area contributed by atoms with Crippen LogP contribution in [-0.4, -0.2) is 37.2 Å². The summed E-state index contributed by atoms with van der Waals surface area (Å²) in [6, 6.07) is 0. The summed E-state index contributed by atoms with van der Waals surface area (Å²) in [6.45, 7) is 6.43. The van der Waals surface area contributed by atoms with Gasteiger partial charge in [0.25, 0.3) is 0 Å². The molecule has 0 aliphatic heterocycles. The first-order valence-electron chi connectivity index (χ1n) is 35.4.